The summed E-state index contributed by atoms with van der Waals surface area (Å²) >= 11 is 5.90. The molecule has 3 N–H and O–H groups in total. The van der Waals surface area contributed by atoms with E-state index >= 15 is 0 Å². The van der Waals surface area contributed by atoms with Crippen LogP contribution in [-0.2, 0) is 4.74 Å². The van der Waals surface area contributed by atoms with Crippen LogP contribution in [0, 0.1) is 11.6 Å². The molecule has 24 heavy (non-hydrogen) atoms. The molecule has 0 aliphatic carbocycles. The van der Waals surface area contributed by atoms with Gasteiger partial charge in [-0.3, -0.25) is 0 Å². The van der Waals surface area contributed by atoms with Gasteiger partial charge in [-0.15, -0.1) is 0 Å². The Kier molecular flexibility index (Phi) is 4.11. The first-order valence-electron chi connectivity index (χ1n) is 7.03. The Hall–Kier alpha value is -2.67. The van der Waals surface area contributed by atoms with Gasteiger partial charge in [0.2, 0.25) is 0 Å². The van der Waals surface area contributed by atoms with E-state index in [1.165, 1.54) is 24.4 Å². The van der Waals surface area contributed by atoms with Gasteiger partial charge in [0.15, 0.2) is 11.6 Å². The maximum Gasteiger partial charge on any atom is 0.356 e. The summed E-state index contributed by atoms with van der Waals surface area (Å²) in [7, 11) is 0. The molecule has 0 saturated carbocycles. The Bertz CT molecular complexity index is 956. The molecule has 0 radical (unpaired) electrons. The molecular weight excluding hydrogens is 340 g/mol. The molecule has 0 spiro atoms. The first kappa shape index (κ1) is 16.2. The van der Waals surface area contributed by atoms with Gasteiger partial charge in [-0.05, 0) is 19.1 Å². The average Bonchev–Trinajstić information content (AvgIpc) is 2.96. The van der Waals surface area contributed by atoms with E-state index in [1.807, 2.05) is 0 Å². The number of hydrogen-bond acceptors (Lipinski definition) is 4. The van der Waals surface area contributed by atoms with Crippen LogP contribution in [0.5, 0.6) is 0 Å². The number of benzene rings is 1. The molecule has 0 atom stereocenters. The van der Waals surface area contributed by atoms with Gasteiger partial charge in [0.05, 0.1) is 34.1 Å². The number of carbonyl (C=O) groups excluding carboxylic acids is 1. The molecular formula is C16H12ClF2N3O2. The Balaban J connectivity index is 2.24. The largest absolute Gasteiger partial charge is 0.461 e. The number of H-pyrrole nitrogens is 1. The number of ether oxygens (including phenoxy) is 1. The molecule has 1 aromatic carbocycles. The van der Waals surface area contributed by atoms with Crippen molar-refractivity contribution in [3.05, 3.63) is 46.7 Å². The molecule has 3 rings (SSSR count). The molecule has 0 saturated heterocycles. The Morgan fingerprint density at radius 2 is 2.12 bits per heavy atom. The molecule has 5 nitrogen and oxygen atoms in total. The SMILES string of the molecule is CCOC(=O)c1cccc(-c2c(F)c(N)c3c(Cl)c[nH]c3c2F)n1. The van der Waals surface area contributed by atoms with Crippen LogP contribution >= 0.6 is 11.6 Å². The molecule has 0 unspecified atom stereocenters. The number of esters is 1. The zero-order chi connectivity index (χ0) is 17.4. The molecule has 2 heterocycles. The van der Waals surface area contributed by atoms with Crippen molar-refractivity contribution in [1.29, 1.82) is 0 Å². The van der Waals surface area contributed by atoms with Crippen LogP contribution < -0.4 is 5.73 Å². The lowest BCUT2D eigenvalue weighted by molar-refractivity contribution is 0.0519. The number of hydrogen-bond donors (Lipinski definition) is 2. The van der Waals surface area contributed by atoms with E-state index in [0.29, 0.717) is 0 Å². The number of fused-ring (bicyclic) bond motifs is 1. The molecule has 3 aromatic rings. The summed E-state index contributed by atoms with van der Waals surface area (Å²) in [5.41, 5.74) is 4.85. The summed E-state index contributed by atoms with van der Waals surface area (Å²) in [5.74, 6) is -2.57. The van der Waals surface area contributed by atoms with Crippen LogP contribution in [0.25, 0.3) is 22.2 Å². The molecule has 0 amide bonds. The number of nitrogens with two attached hydrogens (primary N) is 1. The summed E-state index contributed by atoms with van der Waals surface area (Å²) in [6.07, 6.45) is 1.32. The Morgan fingerprint density at radius 1 is 1.38 bits per heavy atom. The van der Waals surface area contributed by atoms with E-state index in [0.717, 1.165) is 0 Å². The molecule has 0 bridgehead atoms. The third-order valence-electron chi connectivity index (χ3n) is 3.49. The minimum atomic E-state index is -0.991. The lowest BCUT2D eigenvalue weighted by Gasteiger charge is -2.10. The van der Waals surface area contributed by atoms with Crippen molar-refractivity contribution in [2.75, 3.05) is 12.3 Å². The van der Waals surface area contributed by atoms with Crippen molar-refractivity contribution in [3.8, 4) is 11.3 Å². The van der Waals surface area contributed by atoms with E-state index in [1.54, 1.807) is 6.92 Å². The number of carbonyl (C=O) groups is 1. The summed E-state index contributed by atoms with van der Waals surface area (Å²) < 4.78 is 34.2. The Morgan fingerprint density at radius 3 is 2.83 bits per heavy atom. The predicted molar refractivity (Wildman–Crippen MR) is 86.8 cm³/mol. The first-order valence-corrected chi connectivity index (χ1v) is 7.41. The van der Waals surface area contributed by atoms with Crippen molar-refractivity contribution in [3.63, 3.8) is 0 Å². The predicted octanol–water partition coefficient (Wildman–Crippen LogP) is 3.92. The van der Waals surface area contributed by atoms with Gasteiger partial charge in [0, 0.05) is 11.6 Å². The maximum absolute atomic E-state index is 14.7. The molecule has 2 aromatic heterocycles. The van der Waals surface area contributed by atoms with Crippen molar-refractivity contribution in [1.82, 2.24) is 9.97 Å². The molecule has 124 valence electrons. The second-order valence-electron chi connectivity index (χ2n) is 4.93. The summed E-state index contributed by atoms with van der Waals surface area (Å²) in [6, 6.07) is 4.22. The monoisotopic (exact) mass is 351 g/mol. The number of halogens is 3. The second-order valence-corrected chi connectivity index (χ2v) is 5.34. The number of nitrogen functional groups attached to an aromatic ring is 1. The minimum Gasteiger partial charge on any atom is -0.461 e. The Labute approximate surface area is 140 Å². The lowest BCUT2D eigenvalue weighted by Crippen LogP contribution is -2.08. The highest BCUT2D eigenvalue weighted by atomic mass is 35.5. The van der Waals surface area contributed by atoms with Crippen LogP contribution in [0.3, 0.4) is 0 Å². The van der Waals surface area contributed by atoms with Crippen LogP contribution in [-0.4, -0.2) is 22.5 Å². The van der Waals surface area contributed by atoms with Gasteiger partial charge in [0.1, 0.15) is 5.69 Å². The minimum absolute atomic E-state index is 0.0303. The van der Waals surface area contributed by atoms with E-state index in [4.69, 9.17) is 22.1 Å². The highest BCUT2D eigenvalue weighted by Gasteiger charge is 2.24. The highest BCUT2D eigenvalue weighted by molar-refractivity contribution is 6.36. The van der Waals surface area contributed by atoms with Crippen LogP contribution in [0.2, 0.25) is 5.02 Å². The third kappa shape index (κ3) is 2.46. The smallest absolute Gasteiger partial charge is 0.356 e. The zero-order valence-electron chi connectivity index (χ0n) is 12.5. The fourth-order valence-electron chi connectivity index (χ4n) is 2.42. The fourth-order valence-corrected chi connectivity index (χ4v) is 2.67. The van der Waals surface area contributed by atoms with E-state index in [2.05, 4.69) is 9.97 Å². The molecule has 0 aliphatic heterocycles. The number of aromatic amines is 1. The van der Waals surface area contributed by atoms with Gasteiger partial charge in [-0.2, -0.15) is 0 Å². The summed E-state index contributed by atoms with van der Waals surface area (Å²) in [4.78, 5) is 18.4. The summed E-state index contributed by atoms with van der Waals surface area (Å²) in [6.45, 7) is 1.80. The van der Waals surface area contributed by atoms with Gasteiger partial charge >= 0.3 is 5.97 Å². The third-order valence-corrected chi connectivity index (χ3v) is 3.78. The molecule has 8 heteroatoms. The zero-order valence-corrected chi connectivity index (χ0v) is 13.2. The normalized spacial score (nSPS) is 11.0. The number of pyridine rings is 1. The van der Waals surface area contributed by atoms with E-state index in [9.17, 15) is 13.6 Å². The van der Waals surface area contributed by atoms with Gasteiger partial charge in [0.25, 0.3) is 0 Å². The second kappa shape index (κ2) is 6.09. The number of rotatable bonds is 3. The van der Waals surface area contributed by atoms with Gasteiger partial charge in [-0.1, -0.05) is 17.7 Å². The van der Waals surface area contributed by atoms with Crippen LogP contribution in [0.1, 0.15) is 17.4 Å². The van der Waals surface area contributed by atoms with Crippen LogP contribution in [0.15, 0.2) is 24.4 Å². The van der Waals surface area contributed by atoms with Crippen molar-refractivity contribution >= 4 is 34.2 Å². The van der Waals surface area contributed by atoms with Gasteiger partial charge in [-0.25, -0.2) is 18.6 Å². The lowest BCUT2D eigenvalue weighted by atomic mass is 10.0. The molecule has 0 fully saturated rings. The van der Waals surface area contributed by atoms with Crippen molar-refractivity contribution in [2.24, 2.45) is 0 Å². The van der Waals surface area contributed by atoms with Gasteiger partial charge < -0.3 is 15.5 Å². The van der Waals surface area contributed by atoms with E-state index in [-0.39, 0.29) is 39.6 Å². The van der Waals surface area contributed by atoms with Crippen molar-refractivity contribution < 1.29 is 18.3 Å². The summed E-state index contributed by atoms with van der Waals surface area (Å²) in [5, 5.41) is 0.178. The maximum atomic E-state index is 14.7. The molecule has 0 aliphatic rings. The number of anilines is 1. The fraction of sp³-hybridized carbons (Fsp3) is 0.125. The highest BCUT2D eigenvalue weighted by Crippen LogP contribution is 2.38. The first-order chi connectivity index (χ1) is 11.5. The van der Waals surface area contributed by atoms with Crippen LogP contribution in [0.4, 0.5) is 14.5 Å². The standard InChI is InChI=1S/C16H12ClF2N3O2/c1-2-24-16(23)9-5-3-4-8(22-9)11-12(18)14(20)10-7(17)6-21-15(10)13(11)19/h3-6,21H,2,20H2,1H3. The number of nitrogens with zero attached hydrogens (tertiary/aromatic N) is 1. The quantitative estimate of drug-likeness (QED) is 0.553. The van der Waals surface area contributed by atoms with E-state index < -0.39 is 23.2 Å². The topological polar surface area (TPSA) is 81.0 Å². The average molecular weight is 352 g/mol. The number of aromatic nitrogens is 2. The van der Waals surface area contributed by atoms with Crippen molar-refractivity contribution in [2.45, 2.75) is 6.92 Å². The number of nitrogens with one attached hydrogen (secondary N) is 1.